The van der Waals surface area contributed by atoms with Gasteiger partial charge in [-0.2, -0.15) is 0 Å². The summed E-state index contributed by atoms with van der Waals surface area (Å²) in [7, 11) is 0. The predicted octanol–water partition coefficient (Wildman–Crippen LogP) is 1.10. The first-order chi connectivity index (χ1) is 3.93. The molecule has 0 saturated carbocycles. The van der Waals surface area contributed by atoms with E-state index in [1.807, 2.05) is 6.08 Å². The minimum atomic E-state index is 0. The van der Waals surface area contributed by atoms with Crippen molar-refractivity contribution in [3.05, 3.63) is 23.8 Å². The molecule has 48 valence electrons. The molecular formula is C7H12MgO. The van der Waals surface area contributed by atoms with Crippen molar-refractivity contribution in [2.45, 2.75) is 12.8 Å². The monoisotopic (exact) mass is 136 g/mol. The van der Waals surface area contributed by atoms with Gasteiger partial charge in [0, 0.05) is 6.61 Å². The summed E-state index contributed by atoms with van der Waals surface area (Å²) in [6, 6.07) is 0. The molecule has 0 radical (unpaired) electrons. The Bertz CT molecular complexity index is 134. The molecule has 0 bridgehead atoms. The van der Waals surface area contributed by atoms with Crippen LogP contribution in [0.4, 0.5) is 0 Å². The van der Waals surface area contributed by atoms with E-state index in [9.17, 15) is 0 Å². The molecule has 0 amide bonds. The van der Waals surface area contributed by atoms with Gasteiger partial charge in [0.15, 0.2) is 0 Å². The molecule has 1 rings (SSSR count). The third kappa shape index (κ3) is 3.03. The fraction of sp³-hybridized carbons (Fsp3) is 0.429. The molecule has 1 N–H and O–H groups in total. The summed E-state index contributed by atoms with van der Waals surface area (Å²) in [4.78, 5) is 0. The zero-order chi connectivity index (χ0) is 5.82. The van der Waals surface area contributed by atoms with E-state index in [1.54, 1.807) is 0 Å². The zero-order valence-electron chi connectivity index (χ0n) is 7.51. The van der Waals surface area contributed by atoms with E-state index in [0.29, 0.717) is 0 Å². The molecule has 0 heterocycles. The van der Waals surface area contributed by atoms with E-state index in [-0.39, 0.29) is 32.5 Å². The van der Waals surface area contributed by atoms with E-state index in [4.69, 9.17) is 5.11 Å². The average molecular weight is 136 g/mol. The van der Waals surface area contributed by atoms with Gasteiger partial charge in [-0.3, -0.25) is 0 Å². The van der Waals surface area contributed by atoms with Crippen molar-refractivity contribution < 1.29 is 7.96 Å². The summed E-state index contributed by atoms with van der Waals surface area (Å²) in [6.45, 7) is 0.285. The smallest absolute Gasteiger partial charge is 1.00 e. The first kappa shape index (κ1) is 9.21. The molecule has 2 heteroatoms. The fourth-order valence-corrected chi connectivity index (χ4v) is 0.821. The third-order valence-electron chi connectivity index (χ3n) is 1.28. The van der Waals surface area contributed by atoms with Gasteiger partial charge in [-0.1, -0.05) is 23.8 Å². The Kier molecular flexibility index (Phi) is 5.14. The van der Waals surface area contributed by atoms with Gasteiger partial charge in [-0.05, 0) is 12.8 Å². The molecule has 0 aromatic rings. The van der Waals surface area contributed by atoms with Crippen molar-refractivity contribution in [1.29, 1.82) is 0 Å². The number of allylic oxidation sites excluding steroid dienone is 3. The van der Waals surface area contributed by atoms with Crippen LogP contribution in [0.2, 0.25) is 0 Å². The molecule has 0 aliphatic heterocycles. The van der Waals surface area contributed by atoms with Crippen LogP contribution in [-0.2, 0) is 0 Å². The van der Waals surface area contributed by atoms with Crippen molar-refractivity contribution >= 4 is 23.1 Å². The SMILES string of the molecule is OCCC1=CC=CC1.[H-].[H-].[Mg+2]. The van der Waals surface area contributed by atoms with E-state index in [2.05, 4.69) is 12.2 Å². The molecule has 0 fully saturated rings. The molecule has 0 aromatic carbocycles. The van der Waals surface area contributed by atoms with Gasteiger partial charge < -0.3 is 7.96 Å². The average Bonchev–Trinajstić information content (AvgIpc) is 2.19. The Hall–Kier alpha value is 0.206. The number of aliphatic hydroxyl groups excluding tert-OH is 1. The number of hydrogen-bond donors (Lipinski definition) is 1. The largest absolute Gasteiger partial charge is 2.00 e. The maximum atomic E-state index is 8.46. The van der Waals surface area contributed by atoms with E-state index < -0.39 is 0 Å². The van der Waals surface area contributed by atoms with Crippen LogP contribution in [0.1, 0.15) is 15.7 Å². The summed E-state index contributed by atoms with van der Waals surface area (Å²) >= 11 is 0. The molecule has 1 aliphatic rings. The van der Waals surface area contributed by atoms with E-state index in [0.717, 1.165) is 12.8 Å². The molecular weight excluding hydrogens is 124 g/mol. The second kappa shape index (κ2) is 5.03. The van der Waals surface area contributed by atoms with Gasteiger partial charge in [-0.15, -0.1) is 0 Å². The summed E-state index contributed by atoms with van der Waals surface area (Å²) in [5.74, 6) is 0. The third-order valence-corrected chi connectivity index (χ3v) is 1.28. The Labute approximate surface area is 74.6 Å². The minimum Gasteiger partial charge on any atom is -1.00 e. The summed E-state index contributed by atoms with van der Waals surface area (Å²) in [5, 5.41) is 8.46. The van der Waals surface area contributed by atoms with Crippen molar-refractivity contribution in [3.8, 4) is 0 Å². The van der Waals surface area contributed by atoms with Crippen LogP contribution >= 0.6 is 0 Å². The topological polar surface area (TPSA) is 20.2 Å². The standard InChI is InChI=1S/C7H10O.Mg.2H/c8-6-5-7-3-1-2-4-7;;;/h1-3,8H,4-6H2;;;/q;+2;2*-1. The van der Waals surface area contributed by atoms with Crippen LogP contribution in [0, 0.1) is 0 Å². The second-order valence-corrected chi connectivity index (χ2v) is 1.93. The van der Waals surface area contributed by atoms with Crippen LogP contribution in [0.3, 0.4) is 0 Å². The Balaban J connectivity index is -0.000000213. The van der Waals surface area contributed by atoms with Crippen molar-refractivity contribution in [2.24, 2.45) is 0 Å². The predicted molar refractivity (Wildman–Crippen MR) is 41.5 cm³/mol. The molecule has 0 saturated heterocycles. The second-order valence-electron chi connectivity index (χ2n) is 1.93. The van der Waals surface area contributed by atoms with Gasteiger partial charge in [0.1, 0.15) is 0 Å². The molecule has 0 atom stereocenters. The van der Waals surface area contributed by atoms with Crippen LogP contribution in [0.15, 0.2) is 23.8 Å². The quantitative estimate of drug-likeness (QED) is 0.564. The van der Waals surface area contributed by atoms with Crippen molar-refractivity contribution in [2.75, 3.05) is 6.61 Å². The number of rotatable bonds is 2. The molecule has 1 nitrogen and oxygen atoms in total. The van der Waals surface area contributed by atoms with Gasteiger partial charge in [-0.25, -0.2) is 0 Å². The maximum Gasteiger partial charge on any atom is 2.00 e. The first-order valence-electron chi connectivity index (χ1n) is 2.89. The van der Waals surface area contributed by atoms with Crippen LogP contribution in [-0.4, -0.2) is 34.8 Å². The van der Waals surface area contributed by atoms with Crippen LogP contribution < -0.4 is 0 Å². The van der Waals surface area contributed by atoms with E-state index in [1.165, 1.54) is 5.57 Å². The van der Waals surface area contributed by atoms with Gasteiger partial charge >= 0.3 is 23.1 Å². The Morgan fingerprint density at radius 3 is 2.89 bits per heavy atom. The molecule has 1 aliphatic carbocycles. The number of aliphatic hydroxyl groups is 1. The Morgan fingerprint density at radius 1 is 1.67 bits per heavy atom. The van der Waals surface area contributed by atoms with Gasteiger partial charge in [0.25, 0.3) is 0 Å². The number of hydrogen-bond acceptors (Lipinski definition) is 1. The Morgan fingerprint density at radius 2 is 2.44 bits per heavy atom. The molecule has 0 unspecified atom stereocenters. The van der Waals surface area contributed by atoms with Crippen LogP contribution in [0.25, 0.3) is 0 Å². The molecule has 9 heavy (non-hydrogen) atoms. The van der Waals surface area contributed by atoms with Crippen molar-refractivity contribution in [3.63, 3.8) is 0 Å². The van der Waals surface area contributed by atoms with Crippen molar-refractivity contribution in [1.82, 2.24) is 0 Å². The molecule has 0 aromatic heterocycles. The van der Waals surface area contributed by atoms with E-state index >= 15 is 0 Å². The summed E-state index contributed by atoms with van der Waals surface area (Å²) in [5.41, 5.74) is 1.34. The molecule has 0 spiro atoms. The maximum absolute atomic E-state index is 8.46. The fourth-order valence-electron chi connectivity index (χ4n) is 0.821. The van der Waals surface area contributed by atoms with Gasteiger partial charge in [0.2, 0.25) is 0 Å². The first-order valence-corrected chi connectivity index (χ1v) is 2.89. The minimum absolute atomic E-state index is 0. The van der Waals surface area contributed by atoms with Gasteiger partial charge in [0.05, 0.1) is 0 Å². The van der Waals surface area contributed by atoms with Crippen LogP contribution in [0.5, 0.6) is 0 Å². The summed E-state index contributed by atoms with van der Waals surface area (Å²) < 4.78 is 0. The summed E-state index contributed by atoms with van der Waals surface area (Å²) in [6.07, 6.45) is 8.08. The normalized spacial score (nSPS) is 15.0. The zero-order valence-corrected chi connectivity index (χ0v) is 6.92.